The number of carbonyl (C=O) groups excluding carboxylic acids is 3. The zero-order valence-electron chi connectivity index (χ0n) is 43.5. The Bertz CT molecular complexity index is 3650. The minimum Gasteiger partial charge on any atom is -0.478 e. The third kappa shape index (κ3) is 15.7. The fourth-order valence-corrected chi connectivity index (χ4v) is 9.22. The highest BCUT2D eigenvalue weighted by Gasteiger charge is 2.13. The van der Waals surface area contributed by atoms with Gasteiger partial charge in [0.25, 0.3) is 0 Å². The molecule has 0 atom stereocenters. The smallest absolute Gasteiger partial charge is 0.448 e. The van der Waals surface area contributed by atoms with Crippen LogP contribution < -0.4 is 0 Å². The number of aromatic carboxylic acids is 1. The normalized spacial score (nSPS) is 10.4. The van der Waals surface area contributed by atoms with Crippen LogP contribution in [0.25, 0.3) is 55.0 Å². The topological polar surface area (TPSA) is 170 Å². The monoisotopic (exact) mass is 1230 g/mol. The second kappa shape index (κ2) is 27.0. The Balaban J connectivity index is 0.000000159. The molecule has 11 rings (SSSR count). The first kappa shape index (κ1) is 59.4. The summed E-state index contributed by atoms with van der Waals surface area (Å²) in [5.74, 6) is -1.38. The molecule has 0 aliphatic carbocycles. The molecule has 398 valence electrons. The van der Waals surface area contributed by atoms with Crippen LogP contribution in [-0.2, 0) is 0 Å². The van der Waals surface area contributed by atoms with Crippen molar-refractivity contribution in [1.82, 2.24) is 19.1 Å². The van der Waals surface area contributed by atoms with Gasteiger partial charge in [-0.15, -0.1) is 0 Å². The first-order valence-corrected chi connectivity index (χ1v) is 26.0. The van der Waals surface area contributed by atoms with E-state index in [9.17, 15) is 32.3 Å². The Labute approximate surface area is 470 Å². The molecule has 0 saturated carbocycles. The molecule has 0 spiro atoms. The van der Waals surface area contributed by atoms with E-state index in [-0.39, 0.29) is 40.4 Å². The van der Waals surface area contributed by atoms with Gasteiger partial charge in [-0.3, -0.25) is 14.4 Å². The number of ketones is 3. The van der Waals surface area contributed by atoms with Crippen molar-refractivity contribution in [3.63, 3.8) is 0 Å². The highest BCUT2D eigenvalue weighted by molar-refractivity contribution is 14.1. The van der Waals surface area contributed by atoms with Gasteiger partial charge in [-0.05, 0) is 249 Å². The van der Waals surface area contributed by atoms with Gasteiger partial charge in [-0.25, -0.2) is 18.0 Å². The SMILES string of the molecule is CB(O)O.CC(=O)c1cc(Br)c2[nH]ccc2c1.CC(=O)c1cc(C)c2[nH]ccc2c1.CC(=O)c1cc(C)c2c(ccn2-c2ccc(F)cc2)c1.Cc1cc(C(=O)O)cc2ccn(-c3ccc(F)cc3)c12.Fc1ccc(I)cc1. The molecule has 0 fully saturated rings. The Hall–Kier alpha value is -7.84. The van der Waals surface area contributed by atoms with Gasteiger partial charge in [0.1, 0.15) is 17.5 Å². The average molecular weight is 1230 g/mol. The number of nitrogens with zero attached hydrogens (tertiary/aromatic N) is 2. The van der Waals surface area contributed by atoms with E-state index in [2.05, 4.69) is 48.5 Å². The van der Waals surface area contributed by atoms with Gasteiger partial charge in [0.2, 0.25) is 0 Å². The summed E-state index contributed by atoms with van der Waals surface area (Å²) >= 11 is 5.54. The molecule has 4 heterocycles. The molecule has 4 aromatic heterocycles. The Morgan fingerprint density at radius 2 is 0.846 bits per heavy atom. The number of aromatic amines is 2. The van der Waals surface area contributed by atoms with Crippen LogP contribution in [0.15, 0.2) is 175 Å². The van der Waals surface area contributed by atoms with Crippen LogP contribution in [-0.4, -0.2) is 64.7 Å². The number of rotatable bonds is 6. The molecule has 11 nitrogen and oxygen atoms in total. The maximum atomic E-state index is 13.0. The van der Waals surface area contributed by atoms with Gasteiger partial charge in [-0.2, -0.15) is 0 Å². The second-order valence-electron chi connectivity index (χ2n) is 18.0. The molecule has 0 unspecified atom stereocenters. The number of Topliss-reactive ketones (excluding diaryl/α,β-unsaturated/α-hetero) is 3. The number of hydrogen-bond donors (Lipinski definition) is 5. The third-order valence-corrected chi connectivity index (χ3v) is 13.2. The lowest BCUT2D eigenvalue weighted by Gasteiger charge is -2.09. The molecule has 0 aliphatic rings. The Kier molecular flexibility index (Phi) is 20.5. The van der Waals surface area contributed by atoms with E-state index in [0.717, 1.165) is 90.8 Å². The van der Waals surface area contributed by atoms with Gasteiger partial charge < -0.3 is 34.3 Å². The molecule has 0 aliphatic heterocycles. The summed E-state index contributed by atoms with van der Waals surface area (Å²) in [5.41, 5.74) is 11.4. The first-order valence-electron chi connectivity index (χ1n) is 24.1. The van der Waals surface area contributed by atoms with Crippen LogP contribution in [0.5, 0.6) is 0 Å². The fraction of sp³-hybridized carbons (Fsp3) is 0.115. The first-order chi connectivity index (χ1) is 37.0. The van der Waals surface area contributed by atoms with Crippen molar-refractivity contribution in [1.29, 1.82) is 0 Å². The number of aryl methyl sites for hydroxylation is 3. The van der Waals surface area contributed by atoms with Crippen LogP contribution in [0.4, 0.5) is 13.2 Å². The van der Waals surface area contributed by atoms with Crippen LogP contribution >= 0.6 is 38.5 Å². The zero-order valence-corrected chi connectivity index (χ0v) is 47.2. The highest BCUT2D eigenvalue weighted by Crippen LogP contribution is 2.28. The Morgan fingerprint density at radius 3 is 1.26 bits per heavy atom. The molecule has 78 heavy (non-hydrogen) atoms. The van der Waals surface area contributed by atoms with E-state index in [4.69, 9.17) is 15.2 Å². The molecule has 0 saturated heterocycles. The lowest BCUT2D eigenvalue weighted by Crippen LogP contribution is -2.00. The largest absolute Gasteiger partial charge is 0.478 e. The number of aromatic nitrogens is 4. The van der Waals surface area contributed by atoms with Crippen molar-refractivity contribution in [3.05, 3.63) is 235 Å². The van der Waals surface area contributed by atoms with Gasteiger partial charge in [0.05, 0.1) is 22.1 Å². The van der Waals surface area contributed by atoms with E-state index in [0.29, 0.717) is 5.56 Å². The van der Waals surface area contributed by atoms with E-state index in [1.807, 2.05) is 115 Å². The number of benzene rings is 7. The van der Waals surface area contributed by atoms with E-state index in [1.54, 1.807) is 69.3 Å². The van der Waals surface area contributed by atoms with Crippen molar-refractivity contribution < 1.29 is 47.5 Å². The Morgan fingerprint density at radius 1 is 0.500 bits per heavy atom. The van der Waals surface area contributed by atoms with Gasteiger partial charge in [-0.1, -0.05) is 0 Å². The molecule has 0 amide bonds. The number of carboxylic acids is 1. The molecule has 0 bridgehead atoms. The number of hydrogen-bond acceptors (Lipinski definition) is 6. The lowest BCUT2D eigenvalue weighted by atomic mass is 9.99. The zero-order chi connectivity index (χ0) is 57.0. The number of fused-ring (bicyclic) bond motifs is 4. The number of carboxylic acid groups (broad SMARTS) is 1. The molecule has 7 aromatic carbocycles. The van der Waals surface area contributed by atoms with Gasteiger partial charge >= 0.3 is 13.1 Å². The predicted molar refractivity (Wildman–Crippen MR) is 317 cm³/mol. The van der Waals surface area contributed by atoms with E-state index < -0.39 is 13.1 Å². The van der Waals surface area contributed by atoms with Gasteiger partial charge in [0.15, 0.2) is 17.3 Å². The number of carbonyl (C=O) groups is 4. The average Bonchev–Trinajstić information content (AvgIpc) is 4.27. The fourth-order valence-electron chi connectivity index (χ4n) is 8.27. The van der Waals surface area contributed by atoms with Crippen molar-refractivity contribution in [3.8, 4) is 11.4 Å². The number of halogens is 5. The summed E-state index contributed by atoms with van der Waals surface area (Å²) < 4.78 is 44.0. The summed E-state index contributed by atoms with van der Waals surface area (Å²) in [6.45, 7) is 11.9. The van der Waals surface area contributed by atoms with E-state index >= 15 is 0 Å². The molecular weight excluding hydrogens is 1180 g/mol. The maximum absolute atomic E-state index is 13.0. The summed E-state index contributed by atoms with van der Waals surface area (Å²) in [5, 5.41) is 28.3. The lowest BCUT2D eigenvalue weighted by molar-refractivity contribution is 0.0696. The van der Waals surface area contributed by atoms with E-state index in [1.165, 1.54) is 43.2 Å². The molecule has 11 aromatic rings. The van der Waals surface area contributed by atoms with Crippen molar-refractivity contribution in [2.45, 2.75) is 48.4 Å². The minimum absolute atomic E-state index is 0.0598. The maximum Gasteiger partial charge on any atom is 0.448 e. The van der Waals surface area contributed by atoms with Crippen LogP contribution in [0.1, 0.15) is 78.9 Å². The summed E-state index contributed by atoms with van der Waals surface area (Å²) in [7, 11) is -1.17. The number of nitrogens with one attached hydrogen (secondary N) is 2. The van der Waals surface area contributed by atoms with Crippen molar-refractivity contribution in [2.75, 3.05) is 0 Å². The summed E-state index contributed by atoms with van der Waals surface area (Å²) in [6.07, 6.45) is 7.55. The molecule has 5 N–H and O–H groups in total. The molecule has 0 radical (unpaired) electrons. The van der Waals surface area contributed by atoms with Gasteiger partial charge in [0, 0.05) is 88.0 Å². The third-order valence-electron chi connectivity index (χ3n) is 11.9. The standard InChI is InChI=1S/C17H14FNO.C16H12FNO2.C11H11NO.C10H8BrNO.C6H4FI.CH5BO2/c1-11-9-14(12(2)20)10-13-7-8-19(17(11)13)16-5-3-15(18)4-6-16;1-10-8-12(16(19)20)9-11-6-7-18(15(10)11)14-4-2-13(17)3-5-14;1-7-5-10(8(2)13)6-9-3-4-12-11(7)9;1-6(13)8-4-7-2-3-12-10(7)9(11)5-8;7-5-1-3-6(8)4-2-5;1-2(3)4/h3-10H,1-2H3;2-9H,1H3,(H,19,20);3-6,12H,1-2H3;2-5,12H,1H3;1-4H;3-4H,1H3. The highest BCUT2D eigenvalue weighted by atomic mass is 127. The molecular formula is C61H54BBrF3IN4O7. The minimum atomic E-state index is -1.17. The number of H-pyrrole nitrogens is 2. The van der Waals surface area contributed by atoms with Crippen LogP contribution in [0.3, 0.4) is 0 Å². The quantitative estimate of drug-likeness (QED) is 0.0627. The molecule has 17 heteroatoms. The van der Waals surface area contributed by atoms with Crippen LogP contribution in [0.2, 0.25) is 6.82 Å². The summed E-state index contributed by atoms with van der Waals surface area (Å²) in [6, 6.07) is 41.3. The predicted octanol–water partition coefficient (Wildman–Crippen LogP) is 15.4. The van der Waals surface area contributed by atoms with Crippen LogP contribution in [0, 0.1) is 41.8 Å². The summed E-state index contributed by atoms with van der Waals surface area (Å²) in [4.78, 5) is 51.1. The second-order valence-corrected chi connectivity index (χ2v) is 20.1. The van der Waals surface area contributed by atoms with Crippen molar-refractivity contribution >= 4 is 113 Å². The van der Waals surface area contributed by atoms with Crippen molar-refractivity contribution in [2.24, 2.45) is 0 Å².